The van der Waals surface area contributed by atoms with E-state index in [9.17, 15) is 0 Å². The van der Waals surface area contributed by atoms with Gasteiger partial charge < -0.3 is 9.31 Å². The summed E-state index contributed by atoms with van der Waals surface area (Å²) in [5.74, 6) is 0. The zero-order chi connectivity index (χ0) is 18.2. The highest BCUT2D eigenvalue weighted by Gasteiger charge is 2.50. The minimum atomic E-state index is -1.46. The first-order valence-corrected chi connectivity index (χ1v) is 12.2. The summed E-state index contributed by atoms with van der Waals surface area (Å²) in [6, 6.07) is 12.1. The second-order valence-electron chi connectivity index (χ2n) is 8.88. The predicted octanol–water partition coefficient (Wildman–Crippen LogP) is 5.03. The molecule has 0 radical (unpaired) electrons. The predicted molar refractivity (Wildman–Crippen MR) is 108 cm³/mol. The third-order valence-electron chi connectivity index (χ3n) is 5.77. The van der Waals surface area contributed by atoms with Gasteiger partial charge in [0.2, 0.25) is 0 Å². The van der Waals surface area contributed by atoms with Crippen LogP contribution in [0.1, 0.15) is 41.5 Å². The van der Waals surface area contributed by atoms with Crippen molar-refractivity contribution < 1.29 is 9.31 Å². The molecule has 0 saturated carbocycles. The summed E-state index contributed by atoms with van der Waals surface area (Å²) in [6.45, 7) is 17.9. The topological polar surface area (TPSA) is 18.5 Å². The highest BCUT2D eigenvalue weighted by atomic mass is 28.3. The highest BCUT2D eigenvalue weighted by molar-refractivity contribution is 6.90. The molecule has 2 nitrogen and oxygen atoms in total. The first kappa shape index (κ1) is 19.5. The monoisotopic (exact) mass is 344 g/mol. The van der Waals surface area contributed by atoms with Gasteiger partial charge in [0.1, 0.15) is 0 Å². The number of hydrogen-bond donors (Lipinski definition) is 0. The minimum Gasteiger partial charge on any atom is -0.403 e. The van der Waals surface area contributed by atoms with Crippen molar-refractivity contribution >= 4 is 20.4 Å². The molecule has 4 heteroatoms. The average molecular weight is 344 g/mol. The molecule has 0 N–H and O–H groups in total. The molecule has 1 saturated heterocycles. The third-order valence-corrected chi connectivity index (χ3v) is 9.08. The van der Waals surface area contributed by atoms with Crippen molar-refractivity contribution in [1.82, 2.24) is 0 Å². The Morgan fingerprint density at radius 1 is 0.917 bits per heavy atom. The zero-order valence-electron chi connectivity index (χ0n) is 16.7. The van der Waals surface area contributed by atoms with Crippen LogP contribution in [0.2, 0.25) is 25.5 Å². The van der Waals surface area contributed by atoms with Crippen LogP contribution in [0.25, 0.3) is 0 Å². The summed E-state index contributed by atoms with van der Waals surface area (Å²) < 4.78 is 12.3. The molecule has 1 aliphatic heterocycles. The number of benzene rings is 1. The Morgan fingerprint density at radius 3 is 1.92 bits per heavy atom. The van der Waals surface area contributed by atoms with Crippen molar-refractivity contribution in [2.24, 2.45) is 0 Å². The summed E-state index contributed by atoms with van der Waals surface area (Å²) in [6.07, 6.45) is 0.859. The van der Waals surface area contributed by atoms with Gasteiger partial charge in [-0.05, 0) is 47.6 Å². The Balaban J connectivity index is 2.07. The lowest BCUT2D eigenvalue weighted by molar-refractivity contribution is 0.00578. The van der Waals surface area contributed by atoms with Crippen LogP contribution in [0.3, 0.4) is 0 Å². The molecule has 1 aromatic rings. The SMILES string of the molecule is C/C(CB1OC(C)(C)C(C)(C)O1)=C(/C)C[Si](C)(C)c1ccccc1. The lowest BCUT2D eigenvalue weighted by Gasteiger charge is -2.32. The van der Waals surface area contributed by atoms with E-state index in [1.807, 2.05) is 0 Å². The van der Waals surface area contributed by atoms with Gasteiger partial charge in [-0.2, -0.15) is 0 Å². The van der Waals surface area contributed by atoms with Crippen molar-refractivity contribution in [1.29, 1.82) is 0 Å². The van der Waals surface area contributed by atoms with Crippen LogP contribution in [-0.4, -0.2) is 26.4 Å². The molecule has 1 heterocycles. The molecule has 0 unspecified atom stereocenters. The van der Waals surface area contributed by atoms with Gasteiger partial charge in [-0.15, -0.1) is 0 Å². The van der Waals surface area contributed by atoms with Crippen LogP contribution in [0.4, 0.5) is 0 Å². The van der Waals surface area contributed by atoms with E-state index >= 15 is 0 Å². The Kier molecular flexibility index (Phi) is 5.53. The van der Waals surface area contributed by atoms with Crippen molar-refractivity contribution in [3.63, 3.8) is 0 Å². The quantitative estimate of drug-likeness (QED) is 0.551. The van der Waals surface area contributed by atoms with E-state index < -0.39 is 8.07 Å². The zero-order valence-corrected chi connectivity index (χ0v) is 17.7. The maximum Gasteiger partial charge on any atom is 0.462 e. The molecule has 1 aromatic carbocycles. The van der Waals surface area contributed by atoms with E-state index in [1.165, 1.54) is 22.4 Å². The highest BCUT2D eigenvalue weighted by Crippen LogP contribution is 2.38. The van der Waals surface area contributed by atoms with Crippen LogP contribution < -0.4 is 5.19 Å². The molecule has 0 amide bonds. The Labute approximate surface area is 149 Å². The maximum atomic E-state index is 6.15. The minimum absolute atomic E-state index is 0.133. The van der Waals surface area contributed by atoms with Crippen molar-refractivity contribution in [2.75, 3.05) is 0 Å². The van der Waals surface area contributed by atoms with Crippen LogP contribution in [0.15, 0.2) is 41.5 Å². The van der Waals surface area contributed by atoms with Gasteiger partial charge >= 0.3 is 7.12 Å². The molecule has 1 fully saturated rings. The molecule has 0 aliphatic carbocycles. The Bertz CT molecular complexity index is 589. The van der Waals surface area contributed by atoms with Gasteiger partial charge in [-0.3, -0.25) is 0 Å². The summed E-state index contributed by atoms with van der Waals surface area (Å²) in [5.41, 5.74) is 2.41. The molecular formula is C20H33BO2Si. The first-order chi connectivity index (χ1) is 10.9. The normalized spacial score (nSPS) is 20.9. The fourth-order valence-electron chi connectivity index (χ4n) is 3.28. The average Bonchev–Trinajstić information content (AvgIpc) is 2.66. The molecular weight excluding hydrogens is 311 g/mol. The van der Waals surface area contributed by atoms with E-state index in [2.05, 4.69) is 85.0 Å². The molecule has 0 spiro atoms. The standard InChI is InChI=1S/C20H33BO2Si/c1-16(14-21-22-19(3,4)20(5,6)23-21)17(2)15-24(7,8)18-12-10-9-11-13-18/h9-13H,14-15H2,1-8H3/b17-16+. The smallest absolute Gasteiger partial charge is 0.403 e. The summed E-state index contributed by atoms with van der Waals surface area (Å²) >= 11 is 0. The van der Waals surface area contributed by atoms with Crippen LogP contribution in [0, 0.1) is 0 Å². The van der Waals surface area contributed by atoms with Gasteiger partial charge in [0.25, 0.3) is 0 Å². The van der Waals surface area contributed by atoms with E-state index in [4.69, 9.17) is 9.31 Å². The van der Waals surface area contributed by atoms with E-state index in [0.29, 0.717) is 0 Å². The van der Waals surface area contributed by atoms with E-state index in [0.717, 1.165) is 6.32 Å². The van der Waals surface area contributed by atoms with Crippen LogP contribution in [0.5, 0.6) is 0 Å². The van der Waals surface area contributed by atoms with Gasteiger partial charge in [0.05, 0.1) is 19.3 Å². The maximum absolute atomic E-state index is 6.15. The summed E-state index contributed by atoms with van der Waals surface area (Å²) in [4.78, 5) is 0. The Morgan fingerprint density at radius 2 is 1.42 bits per heavy atom. The molecule has 0 aromatic heterocycles. The second kappa shape index (κ2) is 6.81. The number of hydrogen-bond acceptors (Lipinski definition) is 2. The molecule has 2 rings (SSSR count). The summed E-state index contributed by atoms with van der Waals surface area (Å²) in [5, 5.41) is 1.52. The lowest BCUT2D eigenvalue weighted by atomic mass is 9.80. The van der Waals surface area contributed by atoms with Crippen molar-refractivity contribution in [2.45, 2.75) is 78.2 Å². The second-order valence-corrected chi connectivity index (χ2v) is 13.6. The van der Waals surface area contributed by atoms with Crippen molar-refractivity contribution in [3.05, 3.63) is 41.5 Å². The molecule has 1 aliphatic rings. The number of allylic oxidation sites excluding steroid dienone is 2. The van der Waals surface area contributed by atoms with Gasteiger partial charge in [-0.1, -0.05) is 59.8 Å². The largest absolute Gasteiger partial charge is 0.462 e. The third kappa shape index (κ3) is 4.22. The van der Waals surface area contributed by atoms with E-state index in [1.54, 1.807) is 0 Å². The molecule has 0 atom stereocenters. The first-order valence-electron chi connectivity index (χ1n) is 9.01. The van der Waals surface area contributed by atoms with Crippen LogP contribution in [-0.2, 0) is 9.31 Å². The summed E-state index contributed by atoms with van der Waals surface area (Å²) in [7, 11) is -1.59. The molecule has 24 heavy (non-hydrogen) atoms. The van der Waals surface area contributed by atoms with Crippen molar-refractivity contribution in [3.8, 4) is 0 Å². The number of rotatable bonds is 5. The van der Waals surface area contributed by atoms with Gasteiger partial charge in [-0.25, -0.2) is 0 Å². The van der Waals surface area contributed by atoms with E-state index in [-0.39, 0.29) is 18.3 Å². The van der Waals surface area contributed by atoms with Gasteiger partial charge in [0.15, 0.2) is 0 Å². The lowest BCUT2D eigenvalue weighted by Crippen LogP contribution is -2.41. The van der Waals surface area contributed by atoms with Gasteiger partial charge in [0, 0.05) is 6.32 Å². The Hall–Kier alpha value is -0.838. The fourth-order valence-corrected chi connectivity index (χ4v) is 6.20. The molecule has 132 valence electrons. The molecule has 0 bridgehead atoms. The van der Waals surface area contributed by atoms with Crippen LogP contribution >= 0.6 is 0 Å². The fraction of sp³-hybridized carbons (Fsp3) is 0.600.